The van der Waals surface area contributed by atoms with Crippen molar-refractivity contribution in [2.75, 3.05) is 27.3 Å². The number of hydrogen-bond donors (Lipinski definition) is 3. The molecule has 0 spiro atoms. The number of carbonyl (C=O) groups is 4. The van der Waals surface area contributed by atoms with Crippen LogP contribution in [0, 0.1) is 23.2 Å². The van der Waals surface area contributed by atoms with Crippen LogP contribution in [0.3, 0.4) is 0 Å². The predicted octanol–water partition coefficient (Wildman–Crippen LogP) is 8.13. The number of amides is 4. The first kappa shape index (κ1) is 43.1. The molecule has 0 aliphatic carbocycles. The van der Waals surface area contributed by atoms with Crippen molar-refractivity contribution >= 4 is 46.1 Å². The molecule has 4 heterocycles. The summed E-state index contributed by atoms with van der Waals surface area (Å²) in [6, 6.07) is 29.8. The number of alkyl carbamates (subject to hydrolysis) is 2. The fourth-order valence-corrected chi connectivity index (χ4v) is 8.86. The molecule has 3 aliphatic heterocycles. The Hall–Kier alpha value is -7.53. The van der Waals surface area contributed by atoms with E-state index < -0.39 is 36.2 Å². The average Bonchev–Trinajstić information content (AvgIpc) is 4.16. The molecule has 8 rings (SSSR count). The third-order valence-corrected chi connectivity index (χ3v) is 12.3. The fourth-order valence-electron chi connectivity index (χ4n) is 8.86. The van der Waals surface area contributed by atoms with E-state index in [9.17, 15) is 24.4 Å². The lowest BCUT2D eigenvalue weighted by atomic mass is 9.95. The Morgan fingerprint density at radius 1 is 0.828 bits per heavy atom. The summed E-state index contributed by atoms with van der Waals surface area (Å²) in [6.07, 6.45) is 3.89. The third kappa shape index (κ3) is 8.87. The predicted molar refractivity (Wildman–Crippen MR) is 243 cm³/mol. The number of aromatic nitrogens is 2. The molecule has 14 nitrogen and oxygen atoms in total. The number of H-pyrrole nitrogens is 1. The number of aromatic amines is 1. The fraction of sp³-hybridized carbons (Fsp3) is 0.300. The summed E-state index contributed by atoms with van der Waals surface area (Å²) < 4.78 is 9.61. The number of imidazole rings is 1. The van der Waals surface area contributed by atoms with E-state index in [-0.39, 0.29) is 30.3 Å². The van der Waals surface area contributed by atoms with E-state index >= 15 is 0 Å². The van der Waals surface area contributed by atoms with E-state index in [4.69, 9.17) is 19.5 Å². The van der Waals surface area contributed by atoms with Crippen molar-refractivity contribution in [3.8, 4) is 28.5 Å². The summed E-state index contributed by atoms with van der Waals surface area (Å²) in [5, 5.41) is 17.4. The Labute approximate surface area is 371 Å². The first-order chi connectivity index (χ1) is 30.9. The zero-order valence-corrected chi connectivity index (χ0v) is 36.2. The van der Waals surface area contributed by atoms with Gasteiger partial charge in [0.15, 0.2) is 0 Å². The third-order valence-electron chi connectivity index (χ3n) is 12.3. The molecule has 4 aromatic carbocycles. The first-order valence-electron chi connectivity index (χ1n) is 21.3. The molecule has 326 valence electrons. The monoisotopic (exact) mass is 858 g/mol. The molecule has 0 radical (unpaired) electrons. The number of ether oxygens (including phenoxy) is 2. The van der Waals surface area contributed by atoms with Crippen molar-refractivity contribution in [3.63, 3.8) is 0 Å². The molecule has 3 aliphatic rings. The number of nitriles is 1. The summed E-state index contributed by atoms with van der Waals surface area (Å²) >= 11 is 0. The van der Waals surface area contributed by atoms with Crippen LogP contribution in [0.1, 0.15) is 62.1 Å². The van der Waals surface area contributed by atoms with Crippen molar-refractivity contribution in [2.24, 2.45) is 16.8 Å². The van der Waals surface area contributed by atoms with Gasteiger partial charge in [0, 0.05) is 37.0 Å². The minimum absolute atomic E-state index is 0.134. The van der Waals surface area contributed by atoms with Crippen LogP contribution >= 0.6 is 0 Å². The van der Waals surface area contributed by atoms with Crippen molar-refractivity contribution in [3.05, 3.63) is 132 Å². The molecule has 0 unspecified atom stereocenters. The van der Waals surface area contributed by atoms with Gasteiger partial charge in [-0.05, 0) is 69.5 Å². The van der Waals surface area contributed by atoms with Gasteiger partial charge >= 0.3 is 12.2 Å². The first-order valence-corrected chi connectivity index (χ1v) is 21.3. The molecule has 14 heteroatoms. The highest BCUT2D eigenvalue weighted by Crippen LogP contribution is 2.38. The van der Waals surface area contributed by atoms with Crippen LogP contribution in [0.15, 0.2) is 121 Å². The number of nitrogens with one attached hydrogen (secondary N) is 3. The highest BCUT2D eigenvalue weighted by atomic mass is 16.5. The van der Waals surface area contributed by atoms with Gasteiger partial charge in [0.25, 0.3) is 5.91 Å². The van der Waals surface area contributed by atoms with Crippen LogP contribution in [-0.4, -0.2) is 88.9 Å². The van der Waals surface area contributed by atoms with Gasteiger partial charge in [0.2, 0.25) is 5.91 Å². The molecule has 1 aromatic heterocycles. The van der Waals surface area contributed by atoms with Crippen LogP contribution in [0.25, 0.3) is 38.7 Å². The molecular weight excluding hydrogens is 809 g/mol. The number of fused-ring (bicyclic) bond motifs is 1. The second-order valence-corrected chi connectivity index (χ2v) is 16.8. The smallest absolute Gasteiger partial charge is 0.407 e. The lowest BCUT2D eigenvalue weighted by Crippen LogP contribution is -2.53. The van der Waals surface area contributed by atoms with E-state index in [1.54, 1.807) is 40.3 Å². The van der Waals surface area contributed by atoms with Gasteiger partial charge in [-0.25, -0.2) is 14.6 Å². The average molecular weight is 859 g/mol. The summed E-state index contributed by atoms with van der Waals surface area (Å²) in [7, 11) is 2.53. The topological polar surface area (TPSA) is 182 Å². The Morgan fingerprint density at radius 3 is 2.17 bits per heavy atom. The van der Waals surface area contributed by atoms with Gasteiger partial charge in [0.05, 0.1) is 50.2 Å². The Balaban J connectivity index is 0.941. The van der Waals surface area contributed by atoms with Crippen LogP contribution in [0.5, 0.6) is 0 Å². The van der Waals surface area contributed by atoms with Gasteiger partial charge in [-0.2, -0.15) is 5.26 Å². The van der Waals surface area contributed by atoms with E-state index in [0.29, 0.717) is 37.2 Å². The number of benzene rings is 4. The van der Waals surface area contributed by atoms with Crippen molar-refractivity contribution in [2.45, 2.75) is 57.3 Å². The zero-order chi connectivity index (χ0) is 45.1. The highest BCUT2D eigenvalue weighted by molar-refractivity contribution is 6.04. The number of aliphatic imine (C=N–C) groups is 1. The SMILES string of the molecule is C=C1C[C@@H](C2=NC=C(c3ccc(-c4ccc5cc(-c6cnc([C@@H]7C[C@H](C#N)CN7C(=O)[C@H](NC(=O)OC)c7ccccc7)[nH]6)ccc5c4)cc3)C2)N(C(=O)[C@@H](NC(=O)OC)C(C)C)C1. The van der Waals surface area contributed by atoms with Crippen LogP contribution < -0.4 is 10.6 Å². The molecule has 3 N–H and O–H groups in total. The minimum atomic E-state index is -1.00. The molecule has 2 fully saturated rings. The zero-order valence-electron chi connectivity index (χ0n) is 36.2. The van der Waals surface area contributed by atoms with Crippen molar-refractivity contribution < 1.29 is 28.7 Å². The number of likely N-dealkylation sites (tertiary alicyclic amines) is 2. The van der Waals surface area contributed by atoms with Crippen molar-refractivity contribution in [1.29, 1.82) is 5.26 Å². The molecule has 64 heavy (non-hydrogen) atoms. The van der Waals surface area contributed by atoms with Crippen LogP contribution in [-0.2, 0) is 19.1 Å². The van der Waals surface area contributed by atoms with E-state index in [1.807, 2.05) is 32.2 Å². The number of allylic oxidation sites excluding steroid dienone is 1. The van der Waals surface area contributed by atoms with Gasteiger partial charge in [-0.15, -0.1) is 0 Å². The van der Waals surface area contributed by atoms with Gasteiger partial charge in [0.1, 0.15) is 17.9 Å². The second kappa shape index (κ2) is 18.4. The van der Waals surface area contributed by atoms with Crippen LogP contribution in [0.2, 0.25) is 0 Å². The lowest BCUT2D eigenvalue weighted by molar-refractivity contribution is -0.135. The lowest BCUT2D eigenvalue weighted by Gasteiger charge is -2.30. The molecule has 5 atom stereocenters. The molecular formula is C50H50N8O6. The van der Waals surface area contributed by atoms with Gasteiger partial charge < -0.3 is 34.9 Å². The number of rotatable bonds is 11. The second-order valence-electron chi connectivity index (χ2n) is 16.8. The maximum Gasteiger partial charge on any atom is 0.407 e. The van der Waals surface area contributed by atoms with Crippen molar-refractivity contribution in [1.82, 2.24) is 30.4 Å². The van der Waals surface area contributed by atoms with E-state index in [0.717, 1.165) is 55.6 Å². The quantitative estimate of drug-likeness (QED) is 0.111. The number of methoxy groups -OCH3 is 2. The summed E-state index contributed by atoms with van der Waals surface area (Å²) in [4.78, 5) is 68.5. The van der Waals surface area contributed by atoms with Crippen LogP contribution in [0.4, 0.5) is 9.59 Å². The Kier molecular flexibility index (Phi) is 12.4. The highest BCUT2D eigenvalue weighted by Gasteiger charge is 2.42. The molecule has 4 amide bonds. The summed E-state index contributed by atoms with van der Waals surface area (Å²) in [5.74, 6) is -0.500. The standard InChI is InChI=1S/C50H50N8O6/c1-29(2)44(55-49(61)63-4)47(59)57-27-30(3)19-42(57)40-23-39(25-52-40)33-13-11-32(12-14-33)35-15-16-37-22-38(18-17-36(37)21-35)41-26-53-46(54-41)43-20-31(24-51)28-58(43)48(60)45(56-50(62)64-5)34-9-7-6-8-10-34/h6-18,21-22,25-26,29,31,42-45H,3,19-20,23,27-28H2,1-2,4-5H3,(H,53,54)(H,55,61)(H,56,62)/t31-,42+,43+,44+,45-/m1/s1. The normalized spacial score (nSPS) is 19.2. The largest absolute Gasteiger partial charge is 0.453 e. The summed E-state index contributed by atoms with van der Waals surface area (Å²) in [5.41, 5.74) is 8.40. The molecule has 0 saturated carbocycles. The van der Waals surface area contributed by atoms with Gasteiger partial charge in [-0.3, -0.25) is 14.6 Å². The maximum absolute atomic E-state index is 14.1. The maximum atomic E-state index is 14.1. The Bertz CT molecular complexity index is 2720. The number of nitrogens with zero attached hydrogens (tertiary/aromatic N) is 5. The van der Waals surface area contributed by atoms with E-state index in [2.05, 4.69) is 82.9 Å². The van der Waals surface area contributed by atoms with E-state index in [1.165, 1.54) is 14.2 Å². The minimum Gasteiger partial charge on any atom is -0.453 e. The van der Waals surface area contributed by atoms with Gasteiger partial charge in [-0.1, -0.05) is 105 Å². The Morgan fingerprint density at radius 2 is 1.48 bits per heavy atom. The number of hydrogen-bond acceptors (Lipinski definition) is 9. The molecule has 5 aromatic rings. The molecule has 2 saturated heterocycles. The summed E-state index contributed by atoms with van der Waals surface area (Å²) in [6.45, 7) is 8.58. The molecule has 0 bridgehead atoms. The number of carbonyl (C=O) groups excluding carboxylic acids is 4.